The first-order valence-electron chi connectivity index (χ1n) is 5.85. The normalized spacial score (nSPS) is 10.4. The van der Waals surface area contributed by atoms with Crippen LogP contribution in [0.2, 0.25) is 0 Å². The number of anilines is 1. The van der Waals surface area contributed by atoms with Crippen molar-refractivity contribution < 1.29 is 9.90 Å². The van der Waals surface area contributed by atoms with Gasteiger partial charge in [0.2, 0.25) is 0 Å². The lowest BCUT2D eigenvalue weighted by Crippen LogP contribution is -2.13. The first-order chi connectivity index (χ1) is 9.10. The number of nitrogens with zero attached hydrogens (tertiary/aromatic N) is 1. The van der Waals surface area contributed by atoms with Crippen LogP contribution < -0.4 is 11.1 Å². The van der Waals surface area contributed by atoms with Crippen molar-refractivity contribution in [3.05, 3.63) is 39.8 Å². The lowest BCUT2D eigenvalue weighted by atomic mass is 10.2. The Kier molecular flexibility index (Phi) is 4.13. The zero-order valence-electron chi connectivity index (χ0n) is 10.5. The maximum Gasteiger partial charge on any atom is 0.275 e. The maximum atomic E-state index is 12.0. The summed E-state index contributed by atoms with van der Waals surface area (Å²) in [6.45, 7) is 2.34. The molecule has 0 spiro atoms. The Balaban J connectivity index is 2.11. The van der Waals surface area contributed by atoms with Gasteiger partial charge in [-0.25, -0.2) is 4.98 Å². The summed E-state index contributed by atoms with van der Waals surface area (Å²) in [4.78, 5) is 16.2. The molecule has 1 amide bonds. The van der Waals surface area contributed by atoms with Crippen LogP contribution in [-0.2, 0) is 6.42 Å². The van der Waals surface area contributed by atoms with Crippen molar-refractivity contribution in [3.63, 3.8) is 0 Å². The third-order valence-corrected chi connectivity index (χ3v) is 3.51. The molecule has 0 aliphatic heterocycles. The molecule has 0 bridgehead atoms. The van der Waals surface area contributed by atoms with E-state index in [1.54, 1.807) is 17.5 Å². The van der Waals surface area contributed by atoms with Gasteiger partial charge in [0.15, 0.2) is 0 Å². The van der Waals surface area contributed by atoms with Crippen LogP contribution in [0.4, 0.5) is 5.69 Å². The molecule has 5 nitrogen and oxygen atoms in total. The van der Waals surface area contributed by atoms with E-state index in [9.17, 15) is 9.90 Å². The zero-order valence-corrected chi connectivity index (χ0v) is 11.3. The van der Waals surface area contributed by atoms with Gasteiger partial charge in [-0.3, -0.25) is 4.79 Å². The fourth-order valence-corrected chi connectivity index (χ4v) is 2.42. The predicted octanol–water partition coefficient (Wildman–Crippen LogP) is 1.91. The summed E-state index contributed by atoms with van der Waals surface area (Å²) >= 11 is 1.43. The van der Waals surface area contributed by atoms with E-state index in [2.05, 4.69) is 10.3 Å². The second kappa shape index (κ2) is 5.81. The van der Waals surface area contributed by atoms with Crippen molar-refractivity contribution in [1.29, 1.82) is 0 Å². The Morgan fingerprint density at radius 3 is 3.00 bits per heavy atom. The number of aromatic nitrogens is 1. The minimum absolute atomic E-state index is 0.175. The highest BCUT2D eigenvalue weighted by molar-refractivity contribution is 7.09. The van der Waals surface area contributed by atoms with Crippen molar-refractivity contribution in [2.24, 2.45) is 5.73 Å². The summed E-state index contributed by atoms with van der Waals surface area (Å²) in [5.41, 5.74) is 7.30. The minimum Gasteiger partial charge on any atom is -0.508 e. The number of carbonyl (C=O) groups excluding carboxylic acids is 1. The van der Waals surface area contributed by atoms with Crippen LogP contribution in [0.15, 0.2) is 23.6 Å². The highest BCUT2D eigenvalue weighted by atomic mass is 32.1. The summed E-state index contributed by atoms with van der Waals surface area (Å²) in [5.74, 6) is -0.0808. The molecule has 19 heavy (non-hydrogen) atoms. The highest BCUT2D eigenvalue weighted by Gasteiger charge is 2.12. The lowest BCUT2D eigenvalue weighted by molar-refractivity contribution is 0.102. The van der Waals surface area contributed by atoms with Gasteiger partial charge in [0, 0.05) is 17.5 Å². The summed E-state index contributed by atoms with van der Waals surface area (Å²) in [6.07, 6.45) is 0.677. The monoisotopic (exact) mass is 277 g/mol. The fourth-order valence-electron chi connectivity index (χ4n) is 1.63. The molecule has 0 aliphatic rings. The molecule has 0 atom stereocenters. The van der Waals surface area contributed by atoms with Crippen LogP contribution in [-0.4, -0.2) is 22.5 Å². The number of thiazole rings is 1. The van der Waals surface area contributed by atoms with Gasteiger partial charge in [-0.15, -0.1) is 11.3 Å². The standard InChI is InChI=1S/C13H15N3O2S/c1-8-6-9(17)2-3-10(8)16-13(18)11-7-19-12(15-11)4-5-14/h2-3,6-7,17H,4-5,14H2,1H3,(H,16,18). The molecular formula is C13H15N3O2S. The van der Waals surface area contributed by atoms with Crippen LogP contribution in [0.1, 0.15) is 21.1 Å². The van der Waals surface area contributed by atoms with Crippen molar-refractivity contribution in [1.82, 2.24) is 4.98 Å². The van der Waals surface area contributed by atoms with Crippen LogP contribution in [0, 0.1) is 6.92 Å². The van der Waals surface area contributed by atoms with E-state index in [-0.39, 0.29) is 11.7 Å². The average molecular weight is 277 g/mol. The van der Waals surface area contributed by atoms with Gasteiger partial charge < -0.3 is 16.2 Å². The summed E-state index contributed by atoms with van der Waals surface area (Å²) in [7, 11) is 0. The smallest absolute Gasteiger partial charge is 0.275 e. The molecule has 2 rings (SSSR count). The molecule has 1 aromatic carbocycles. The van der Waals surface area contributed by atoms with Crippen molar-refractivity contribution in [2.75, 3.05) is 11.9 Å². The number of amides is 1. The van der Waals surface area contributed by atoms with Crippen molar-refractivity contribution >= 4 is 22.9 Å². The second-order valence-electron chi connectivity index (χ2n) is 4.12. The van der Waals surface area contributed by atoms with E-state index in [1.807, 2.05) is 6.92 Å². The fraction of sp³-hybridized carbons (Fsp3) is 0.231. The number of carbonyl (C=O) groups is 1. The van der Waals surface area contributed by atoms with Crippen molar-refractivity contribution in [3.8, 4) is 5.75 Å². The molecule has 1 heterocycles. The first kappa shape index (κ1) is 13.5. The number of hydrogen-bond acceptors (Lipinski definition) is 5. The largest absolute Gasteiger partial charge is 0.508 e. The second-order valence-corrected chi connectivity index (χ2v) is 5.06. The summed E-state index contributed by atoms with van der Waals surface area (Å²) in [5, 5.41) is 14.7. The van der Waals surface area contributed by atoms with Gasteiger partial charge in [0.1, 0.15) is 11.4 Å². The number of phenolic OH excluding ortho intramolecular Hbond substituents is 1. The number of benzene rings is 1. The molecule has 0 saturated carbocycles. The molecular weight excluding hydrogens is 262 g/mol. The third kappa shape index (κ3) is 3.30. The number of hydrogen-bond donors (Lipinski definition) is 3. The van der Waals surface area contributed by atoms with Gasteiger partial charge in [-0.1, -0.05) is 0 Å². The number of nitrogens with two attached hydrogens (primary N) is 1. The Morgan fingerprint density at radius 2 is 2.32 bits per heavy atom. The number of aromatic hydroxyl groups is 1. The van der Waals surface area contributed by atoms with Crippen LogP contribution >= 0.6 is 11.3 Å². The zero-order chi connectivity index (χ0) is 13.8. The average Bonchev–Trinajstić information content (AvgIpc) is 2.82. The Labute approximate surface area is 115 Å². The molecule has 0 fully saturated rings. The van der Waals surface area contributed by atoms with Crippen LogP contribution in [0.5, 0.6) is 5.75 Å². The van der Waals surface area contributed by atoms with Gasteiger partial charge in [-0.2, -0.15) is 0 Å². The number of nitrogens with one attached hydrogen (secondary N) is 1. The van der Waals surface area contributed by atoms with E-state index < -0.39 is 0 Å². The Morgan fingerprint density at radius 1 is 1.53 bits per heavy atom. The molecule has 4 N–H and O–H groups in total. The van der Waals surface area contributed by atoms with E-state index in [4.69, 9.17) is 5.73 Å². The lowest BCUT2D eigenvalue weighted by Gasteiger charge is -2.07. The Hall–Kier alpha value is -1.92. The van der Waals surface area contributed by atoms with Gasteiger partial charge in [0.05, 0.1) is 5.01 Å². The van der Waals surface area contributed by atoms with E-state index in [0.29, 0.717) is 24.3 Å². The molecule has 0 radical (unpaired) electrons. The first-order valence-corrected chi connectivity index (χ1v) is 6.73. The molecule has 6 heteroatoms. The molecule has 0 aliphatic carbocycles. The molecule has 1 aromatic heterocycles. The predicted molar refractivity (Wildman–Crippen MR) is 75.7 cm³/mol. The summed E-state index contributed by atoms with van der Waals surface area (Å²) in [6, 6.07) is 4.79. The summed E-state index contributed by atoms with van der Waals surface area (Å²) < 4.78 is 0. The number of aryl methyl sites for hydroxylation is 1. The van der Waals surface area contributed by atoms with E-state index >= 15 is 0 Å². The number of phenols is 1. The molecule has 0 saturated heterocycles. The van der Waals surface area contributed by atoms with Gasteiger partial charge >= 0.3 is 0 Å². The molecule has 100 valence electrons. The van der Waals surface area contributed by atoms with Crippen molar-refractivity contribution in [2.45, 2.75) is 13.3 Å². The third-order valence-electron chi connectivity index (χ3n) is 2.60. The number of rotatable bonds is 4. The van der Waals surface area contributed by atoms with E-state index in [0.717, 1.165) is 10.6 Å². The topological polar surface area (TPSA) is 88.2 Å². The quantitative estimate of drug-likeness (QED) is 0.745. The van der Waals surface area contributed by atoms with Crippen LogP contribution in [0.3, 0.4) is 0 Å². The highest BCUT2D eigenvalue weighted by Crippen LogP contribution is 2.21. The maximum absolute atomic E-state index is 12.0. The van der Waals surface area contributed by atoms with E-state index in [1.165, 1.54) is 17.4 Å². The van der Waals surface area contributed by atoms with Crippen LogP contribution in [0.25, 0.3) is 0 Å². The molecule has 2 aromatic rings. The van der Waals surface area contributed by atoms with Gasteiger partial charge in [0.25, 0.3) is 5.91 Å². The van der Waals surface area contributed by atoms with Gasteiger partial charge in [-0.05, 0) is 37.2 Å². The Bertz CT molecular complexity index is 595. The minimum atomic E-state index is -0.256. The SMILES string of the molecule is Cc1cc(O)ccc1NC(=O)c1csc(CCN)n1. The molecule has 0 unspecified atom stereocenters.